The summed E-state index contributed by atoms with van der Waals surface area (Å²) in [5.41, 5.74) is 2.68. The number of halogens is 1. The van der Waals surface area contributed by atoms with Gasteiger partial charge >= 0.3 is 0 Å². The van der Waals surface area contributed by atoms with Gasteiger partial charge in [-0.3, -0.25) is 0 Å². The van der Waals surface area contributed by atoms with Gasteiger partial charge < -0.3 is 14.8 Å². The zero-order valence-corrected chi connectivity index (χ0v) is 16.4. The van der Waals surface area contributed by atoms with Crippen LogP contribution in [0.2, 0.25) is 0 Å². The van der Waals surface area contributed by atoms with Crippen molar-refractivity contribution in [2.75, 3.05) is 19.5 Å². The molecule has 2 heterocycles. The van der Waals surface area contributed by atoms with Gasteiger partial charge in [0.05, 0.1) is 25.3 Å². The van der Waals surface area contributed by atoms with Crippen LogP contribution in [0.3, 0.4) is 0 Å². The SMILES string of the molecule is COc1ccc(Nc2ncnc3sc(C)c(-c4ccc(F)cc4)c23)c(OC)c1. The maximum Gasteiger partial charge on any atom is 0.146 e. The molecule has 0 radical (unpaired) electrons. The van der Waals surface area contributed by atoms with Gasteiger partial charge in [0.2, 0.25) is 0 Å². The summed E-state index contributed by atoms with van der Waals surface area (Å²) < 4.78 is 24.1. The molecule has 0 bridgehead atoms. The fourth-order valence-corrected chi connectivity index (χ4v) is 4.15. The lowest BCUT2D eigenvalue weighted by Crippen LogP contribution is -1.99. The van der Waals surface area contributed by atoms with Gasteiger partial charge in [-0.25, -0.2) is 14.4 Å². The monoisotopic (exact) mass is 395 g/mol. The van der Waals surface area contributed by atoms with E-state index in [9.17, 15) is 4.39 Å². The highest BCUT2D eigenvalue weighted by Gasteiger charge is 2.18. The van der Waals surface area contributed by atoms with Gasteiger partial charge in [0.1, 0.15) is 34.3 Å². The zero-order valence-electron chi connectivity index (χ0n) is 15.6. The lowest BCUT2D eigenvalue weighted by Gasteiger charge is -2.13. The van der Waals surface area contributed by atoms with Gasteiger partial charge in [0, 0.05) is 16.5 Å². The molecule has 142 valence electrons. The average Bonchev–Trinajstić information content (AvgIpc) is 3.05. The molecule has 0 saturated heterocycles. The van der Waals surface area contributed by atoms with E-state index in [0.29, 0.717) is 17.3 Å². The minimum absolute atomic E-state index is 0.265. The van der Waals surface area contributed by atoms with Crippen molar-refractivity contribution in [2.24, 2.45) is 0 Å². The van der Waals surface area contributed by atoms with Crippen molar-refractivity contribution in [1.82, 2.24) is 9.97 Å². The number of hydrogen-bond acceptors (Lipinski definition) is 6. The highest BCUT2D eigenvalue weighted by Crippen LogP contribution is 2.42. The molecular weight excluding hydrogens is 377 g/mol. The summed E-state index contributed by atoms with van der Waals surface area (Å²) in [6, 6.07) is 12.0. The third-order valence-electron chi connectivity index (χ3n) is 4.46. The second-order valence-corrected chi connectivity index (χ2v) is 7.34. The number of fused-ring (bicyclic) bond motifs is 1. The number of thiophene rings is 1. The lowest BCUT2D eigenvalue weighted by molar-refractivity contribution is 0.395. The Hall–Kier alpha value is -3.19. The van der Waals surface area contributed by atoms with E-state index in [4.69, 9.17) is 9.47 Å². The quantitative estimate of drug-likeness (QED) is 0.479. The van der Waals surface area contributed by atoms with Crippen LogP contribution in [0.5, 0.6) is 11.5 Å². The summed E-state index contributed by atoms with van der Waals surface area (Å²) >= 11 is 1.58. The third-order valence-corrected chi connectivity index (χ3v) is 5.47. The summed E-state index contributed by atoms with van der Waals surface area (Å²) in [7, 11) is 3.22. The van der Waals surface area contributed by atoms with E-state index in [-0.39, 0.29) is 5.82 Å². The van der Waals surface area contributed by atoms with Crippen molar-refractivity contribution >= 4 is 33.1 Å². The van der Waals surface area contributed by atoms with Gasteiger partial charge in [-0.1, -0.05) is 12.1 Å². The van der Waals surface area contributed by atoms with Gasteiger partial charge in [-0.15, -0.1) is 11.3 Å². The molecule has 7 heteroatoms. The van der Waals surface area contributed by atoms with E-state index in [1.807, 2.05) is 19.1 Å². The number of ether oxygens (including phenoxy) is 2. The van der Waals surface area contributed by atoms with Gasteiger partial charge in [-0.05, 0) is 36.8 Å². The molecular formula is C21H18FN3O2S. The first-order valence-corrected chi connectivity index (χ1v) is 9.41. The summed E-state index contributed by atoms with van der Waals surface area (Å²) in [4.78, 5) is 10.8. The van der Waals surface area contributed by atoms with Gasteiger partial charge in [-0.2, -0.15) is 0 Å². The van der Waals surface area contributed by atoms with Crippen molar-refractivity contribution < 1.29 is 13.9 Å². The highest BCUT2D eigenvalue weighted by atomic mass is 32.1. The second-order valence-electron chi connectivity index (χ2n) is 6.13. The number of aryl methyl sites for hydroxylation is 1. The summed E-state index contributed by atoms with van der Waals surface area (Å²) in [6.07, 6.45) is 1.53. The number of methoxy groups -OCH3 is 2. The van der Waals surface area contributed by atoms with E-state index in [0.717, 1.165) is 31.9 Å². The molecule has 0 atom stereocenters. The molecule has 5 nitrogen and oxygen atoms in total. The summed E-state index contributed by atoms with van der Waals surface area (Å²) in [5, 5.41) is 4.25. The van der Waals surface area contributed by atoms with Crippen LogP contribution in [0.1, 0.15) is 4.88 Å². The Labute approximate surface area is 165 Å². The van der Waals surface area contributed by atoms with Crippen molar-refractivity contribution in [3.63, 3.8) is 0 Å². The third kappa shape index (κ3) is 3.25. The number of hydrogen-bond donors (Lipinski definition) is 1. The number of anilines is 2. The van der Waals surface area contributed by atoms with Gasteiger partial charge in [0.15, 0.2) is 0 Å². The predicted molar refractivity (Wildman–Crippen MR) is 110 cm³/mol. The van der Waals surface area contributed by atoms with Crippen LogP contribution < -0.4 is 14.8 Å². The van der Waals surface area contributed by atoms with E-state index in [1.54, 1.807) is 43.8 Å². The number of nitrogens with one attached hydrogen (secondary N) is 1. The number of benzene rings is 2. The second kappa shape index (κ2) is 7.44. The normalized spacial score (nSPS) is 10.9. The van der Waals surface area contributed by atoms with Crippen LogP contribution in [0.15, 0.2) is 48.8 Å². The molecule has 28 heavy (non-hydrogen) atoms. The standard InChI is InChI=1S/C21H18FN3O2S/c1-12-18(13-4-6-14(22)7-5-13)19-20(23-11-24-21(19)28-12)25-16-9-8-15(26-2)10-17(16)27-3/h4-11H,1-3H3,(H,23,24,25). The lowest BCUT2D eigenvalue weighted by atomic mass is 10.0. The molecule has 4 rings (SSSR count). The first-order valence-electron chi connectivity index (χ1n) is 8.59. The Morgan fingerprint density at radius 1 is 1.00 bits per heavy atom. The Morgan fingerprint density at radius 2 is 1.79 bits per heavy atom. The van der Waals surface area contributed by atoms with Crippen molar-refractivity contribution in [2.45, 2.75) is 6.92 Å². The zero-order chi connectivity index (χ0) is 19.7. The van der Waals surface area contributed by atoms with E-state index in [1.165, 1.54) is 18.5 Å². The minimum atomic E-state index is -0.265. The smallest absolute Gasteiger partial charge is 0.146 e. The molecule has 0 spiro atoms. The number of aromatic nitrogens is 2. The molecule has 2 aromatic heterocycles. The first kappa shape index (κ1) is 18.2. The Kier molecular flexibility index (Phi) is 4.83. The van der Waals surface area contributed by atoms with Crippen LogP contribution in [0.25, 0.3) is 21.3 Å². The molecule has 0 aliphatic carbocycles. The fraction of sp³-hybridized carbons (Fsp3) is 0.143. The van der Waals surface area contributed by atoms with E-state index >= 15 is 0 Å². The van der Waals surface area contributed by atoms with Crippen LogP contribution in [0.4, 0.5) is 15.9 Å². The van der Waals surface area contributed by atoms with Crippen molar-refractivity contribution in [1.29, 1.82) is 0 Å². The largest absolute Gasteiger partial charge is 0.497 e. The number of rotatable bonds is 5. The molecule has 1 N–H and O–H groups in total. The molecule has 4 aromatic rings. The van der Waals surface area contributed by atoms with Crippen LogP contribution in [-0.2, 0) is 0 Å². The van der Waals surface area contributed by atoms with Crippen molar-refractivity contribution in [3.8, 4) is 22.6 Å². The Morgan fingerprint density at radius 3 is 2.50 bits per heavy atom. The maximum atomic E-state index is 13.4. The molecule has 0 amide bonds. The predicted octanol–water partition coefficient (Wildman–Crippen LogP) is 5.57. The molecule has 2 aromatic carbocycles. The topological polar surface area (TPSA) is 56.3 Å². The average molecular weight is 395 g/mol. The number of nitrogens with zero attached hydrogens (tertiary/aromatic N) is 2. The first-order chi connectivity index (χ1) is 13.6. The minimum Gasteiger partial charge on any atom is -0.497 e. The van der Waals surface area contributed by atoms with Crippen LogP contribution in [-0.4, -0.2) is 24.2 Å². The summed E-state index contributed by atoms with van der Waals surface area (Å²) in [6.45, 7) is 2.03. The Balaban J connectivity index is 1.86. The molecule has 0 aliphatic rings. The fourth-order valence-electron chi connectivity index (χ4n) is 3.13. The summed E-state index contributed by atoms with van der Waals surface area (Å²) in [5.74, 6) is 1.74. The highest BCUT2D eigenvalue weighted by molar-refractivity contribution is 7.19. The van der Waals surface area contributed by atoms with Crippen LogP contribution in [0, 0.1) is 12.7 Å². The van der Waals surface area contributed by atoms with Gasteiger partial charge in [0.25, 0.3) is 0 Å². The molecule has 0 fully saturated rings. The van der Waals surface area contributed by atoms with Crippen LogP contribution >= 0.6 is 11.3 Å². The van der Waals surface area contributed by atoms with E-state index < -0.39 is 0 Å². The molecule has 0 aliphatic heterocycles. The van der Waals surface area contributed by atoms with Crippen molar-refractivity contribution in [3.05, 3.63) is 59.5 Å². The molecule has 0 unspecified atom stereocenters. The van der Waals surface area contributed by atoms with E-state index in [2.05, 4.69) is 15.3 Å². The maximum absolute atomic E-state index is 13.4. The Bertz CT molecular complexity index is 1140. The molecule has 0 saturated carbocycles.